The summed E-state index contributed by atoms with van der Waals surface area (Å²) in [6.07, 6.45) is 1.97. The van der Waals surface area contributed by atoms with Crippen LogP contribution in [0.4, 0.5) is 13.2 Å². The average Bonchev–Trinajstić information content (AvgIpc) is 2.52. The van der Waals surface area contributed by atoms with Gasteiger partial charge in [0.15, 0.2) is 6.04 Å². The summed E-state index contributed by atoms with van der Waals surface area (Å²) < 4.78 is 44.4. The van der Waals surface area contributed by atoms with Crippen LogP contribution in [0.3, 0.4) is 0 Å². The first kappa shape index (κ1) is 16.5. The van der Waals surface area contributed by atoms with E-state index in [0.717, 1.165) is 37.7 Å². The minimum absolute atomic E-state index is 0.165. The summed E-state index contributed by atoms with van der Waals surface area (Å²) >= 11 is 0. The Bertz CT molecular complexity index is 752. The van der Waals surface area contributed by atoms with E-state index < -0.39 is 35.4 Å². The predicted molar refractivity (Wildman–Crippen MR) is 72.8 cm³/mol. The SMILES string of the molecule is COC(=O)[C@@H](NC(=O)c1cncc(F)c1)c1ccc(F)cc1F. The van der Waals surface area contributed by atoms with Gasteiger partial charge in [-0.3, -0.25) is 9.78 Å². The Kier molecular flexibility index (Phi) is 4.95. The first-order valence-electron chi connectivity index (χ1n) is 6.36. The van der Waals surface area contributed by atoms with Crippen LogP contribution in [0.25, 0.3) is 0 Å². The number of hydrogen-bond donors (Lipinski definition) is 1. The van der Waals surface area contributed by atoms with Gasteiger partial charge in [-0.25, -0.2) is 18.0 Å². The van der Waals surface area contributed by atoms with Crippen molar-refractivity contribution < 1.29 is 27.5 Å². The van der Waals surface area contributed by atoms with Crippen molar-refractivity contribution in [3.63, 3.8) is 0 Å². The van der Waals surface area contributed by atoms with Gasteiger partial charge in [-0.05, 0) is 12.1 Å². The molecule has 1 heterocycles. The van der Waals surface area contributed by atoms with Crippen molar-refractivity contribution in [2.45, 2.75) is 6.04 Å². The molecule has 1 aromatic carbocycles. The van der Waals surface area contributed by atoms with Crippen molar-refractivity contribution in [2.24, 2.45) is 0 Å². The highest BCUT2D eigenvalue weighted by atomic mass is 19.1. The summed E-state index contributed by atoms with van der Waals surface area (Å²) in [6.45, 7) is 0. The standard InChI is InChI=1S/C15H11F3N2O3/c1-23-15(22)13(11-3-2-9(16)5-12(11)18)20-14(21)8-4-10(17)7-19-6-8/h2-7,13H,1H3,(H,20,21)/t13-/m0/s1. The fourth-order valence-electron chi connectivity index (χ4n) is 1.87. The number of halogens is 3. The number of methoxy groups -OCH3 is 1. The number of pyridine rings is 1. The summed E-state index contributed by atoms with van der Waals surface area (Å²) in [6, 6.07) is 1.90. The molecule has 0 radical (unpaired) electrons. The minimum Gasteiger partial charge on any atom is -0.467 e. The highest BCUT2D eigenvalue weighted by Gasteiger charge is 2.27. The van der Waals surface area contributed by atoms with Gasteiger partial charge >= 0.3 is 5.97 Å². The van der Waals surface area contributed by atoms with E-state index in [9.17, 15) is 22.8 Å². The molecule has 1 atom stereocenters. The maximum absolute atomic E-state index is 13.8. The van der Waals surface area contributed by atoms with Gasteiger partial charge in [0, 0.05) is 17.8 Å². The van der Waals surface area contributed by atoms with Crippen LogP contribution in [0.1, 0.15) is 22.0 Å². The fourth-order valence-corrected chi connectivity index (χ4v) is 1.87. The average molecular weight is 324 g/mol. The van der Waals surface area contributed by atoms with Crippen molar-refractivity contribution in [3.05, 3.63) is 65.2 Å². The molecule has 0 saturated carbocycles. The molecule has 8 heteroatoms. The lowest BCUT2D eigenvalue weighted by Gasteiger charge is -2.17. The number of benzene rings is 1. The second-order valence-corrected chi connectivity index (χ2v) is 4.49. The molecule has 0 spiro atoms. The molecule has 0 bridgehead atoms. The summed E-state index contributed by atoms with van der Waals surface area (Å²) in [5.41, 5.74) is -0.447. The van der Waals surface area contributed by atoms with Gasteiger partial charge in [-0.2, -0.15) is 0 Å². The zero-order valence-electron chi connectivity index (χ0n) is 11.8. The Balaban J connectivity index is 2.32. The monoisotopic (exact) mass is 324 g/mol. The maximum atomic E-state index is 13.8. The normalized spacial score (nSPS) is 11.7. The van der Waals surface area contributed by atoms with Crippen LogP contribution < -0.4 is 5.32 Å². The molecule has 2 aromatic rings. The Labute approximate surface area is 129 Å². The number of carbonyl (C=O) groups is 2. The highest BCUT2D eigenvalue weighted by molar-refractivity contribution is 5.96. The molecule has 0 aliphatic heterocycles. The number of nitrogens with zero attached hydrogens (tertiary/aromatic N) is 1. The van der Waals surface area contributed by atoms with Gasteiger partial charge in [0.1, 0.15) is 17.5 Å². The number of rotatable bonds is 4. The first-order valence-corrected chi connectivity index (χ1v) is 6.36. The van der Waals surface area contributed by atoms with Crippen LogP contribution in [-0.2, 0) is 9.53 Å². The fraction of sp³-hybridized carbons (Fsp3) is 0.133. The van der Waals surface area contributed by atoms with Gasteiger partial charge < -0.3 is 10.1 Å². The zero-order valence-corrected chi connectivity index (χ0v) is 11.8. The van der Waals surface area contributed by atoms with Crippen molar-refractivity contribution in [1.82, 2.24) is 10.3 Å². The number of esters is 1. The molecule has 0 aliphatic carbocycles. The molecule has 1 amide bonds. The molecule has 1 aromatic heterocycles. The van der Waals surface area contributed by atoms with E-state index in [4.69, 9.17) is 0 Å². The molecular weight excluding hydrogens is 313 g/mol. The second-order valence-electron chi connectivity index (χ2n) is 4.49. The number of ether oxygens (including phenoxy) is 1. The van der Waals surface area contributed by atoms with E-state index in [1.807, 2.05) is 0 Å². The molecule has 2 rings (SSSR count). The summed E-state index contributed by atoms with van der Waals surface area (Å²) in [4.78, 5) is 27.4. The number of nitrogens with one attached hydrogen (secondary N) is 1. The predicted octanol–water partition coefficient (Wildman–Crippen LogP) is 2.14. The van der Waals surface area contributed by atoms with Gasteiger partial charge in [0.25, 0.3) is 5.91 Å². The second kappa shape index (κ2) is 6.91. The van der Waals surface area contributed by atoms with Gasteiger partial charge in [0.05, 0.1) is 18.9 Å². The third kappa shape index (κ3) is 3.85. The molecule has 0 fully saturated rings. The highest BCUT2D eigenvalue weighted by Crippen LogP contribution is 2.20. The first-order chi connectivity index (χ1) is 10.9. The van der Waals surface area contributed by atoms with Crippen molar-refractivity contribution in [2.75, 3.05) is 7.11 Å². The van der Waals surface area contributed by atoms with E-state index in [1.165, 1.54) is 0 Å². The molecule has 0 aliphatic rings. The molecule has 1 N–H and O–H groups in total. The molecule has 5 nitrogen and oxygen atoms in total. The molecular formula is C15H11F3N2O3. The Morgan fingerprint density at radius 3 is 2.48 bits per heavy atom. The van der Waals surface area contributed by atoms with Crippen LogP contribution in [0.15, 0.2) is 36.7 Å². The van der Waals surface area contributed by atoms with E-state index in [-0.39, 0.29) is 11.1 Å². The van der Waals surface area contributed by atoms with E-state index in [1.54, 1.807) is 0 Å². The third-order valence-electron chi connectivity index (χ3n) is 2.95. The summed E-state index contributed by atoms with van der Waals surface area (Å²) in [7, 11) is 1.05. The lowest BCUT2D eigenvalue weighted by molar-refractivity contribution is -0.143. The molecule has 23 heavy (non-hydrogen) atoms. The summed E-state index contributed by atoms with van der Waals surface area (Å²) in [5, 5.41) is 2.21. The van der Waals surface area contributed by atoms with E-state index >= 15 is 0 Å². The Morgan fingerprint density at radius 2 is 1.87 bits per heavy atom. The van der Waals surface area contributed by atoms with Gasteiger partial charge in [-0.1, -0.05) is 6.07 Å². The summed E-state index contributed by atoms with van der Waals surface area (Å²) in [5.74, 6) is -4.45. The molecule has 0 unspecified atom stereocenters. The lowest BCUT2D eigenvalue weighted by atomic mass is 10.1. The Morgan fingerprint density at radius 1 is 1.13 bits per heavy atom. The topological polar surface area (TPSA) is 68.3 Å². The minimum atomic E-state index is -1.52. The van der Waals surface area contributed by atoms with Crippen molar-refractivity contribution in [1.29, 1.82) is 0 Å². The number of amides is 1. The van der Waals surface area contributed by atoms with Gasteiger partial charge in [0.2, 0.25) is 0 Å². The Hall–Kier alpha value is -2.90. The lowest BCUT2D eigenvalue weighted by Crippen LogP contribution is -2.35. The molecule has 120 valence electrons. The van der Waals surface area contributed by atoms with E-state index in [2.05, 4.69) is 15.0 Å². The van der Waals surface area contributed by atoms with Crippen molar-refractivity contribution in [3.8, 4) is 0 Å². The number of carbonyl (C=O) groups excluding carboxylic acids is 2. The van der Waals surface area contributed by atoms with Crippen LogP contribution >= 0.6 is 0 Å². The number of hydrogen-bond acceptors (Lipinski definition) is 4. The van der Waals surface area contributed by atoms with Gasteiger partial charge in [-0.15, -0.1) is 0 Å². The zero-order chi connectivity index (χ0) is 17.0. The van der Waals surface area contributed by atoms with E-state index in [0.29, 0.717) is 6.07 Å². The third-order valence-corrected chi connectivity index (χ3v) is 2.95. The quantitative estimate of drug-likeness (QED) is 0.875. The van der Waals surface area contributed by atoms with Crippen LogP contribution in [-0.4, -0.2) is 24.0 Å². The van der Waals surface area contributed by atoms with Crippen LogP contribution in [0, 0.1) is 17.5 Å². The number of aromatic nitrogens is 1. The smallest absolute Gasteiger partial charge is 0.333 e. The maximum Gasteiger partial charge on any atom is 0.333 e. The van der Waals surface area contributed by atoms with Crippen molar-refractivity contribution >= 4 is 11.9 Å². The van der Waals surface area contributed by atoms with Crippen LogP contribution in [0.5, 0.6) is 0 Å². The van der Waals surface area contributed by atoms with Crippen LogP contribution in [0.2, 0.25) is 0 Å². The molecule has 0 saturated heterocycles. The largest absolute Gasteiger partial charge is 0.467 e.